The highest BCUT2D eigenvalue weighted by Gasteiger charge is 2.26. The first kappa shape index (κ1) is 18.4. The Morgan fingerprint density at radius 2 is 1.92 bits per heavy atom. The zero-order chi connectivity index (χ0) is 18.5. The molecule has 2 aliphatic rings. The van der Waals surface area contributed by atoms with E-state index in [4.69, 9.17) is 4.74 Å². The van der Waals surface area contributed by atoms with Gasteiger partial charge in [-0.15, -0.1) is 0 Å². The molecule has 0 spiro atoms. The van der Waals surface area contributed by atoms with E-state index in [9.17, 15) is 9.59 Å². The van der Waals surface area contributed by atoms with Crippen molar-refractivity contribution < 1.29 is 14.3 Å². The maximum atomic E-state index is 12.7. The molecule has 0 aromatic carbocycles. The molecule has 8 nitrogen and oxygen atoms in total. The average molecular weight is 361 g/mol. The van der Waals surface area contributed by atoms with Crippen LogP contribution in [-0.2, 0) is 4.74 Å². The van der Waals surface area contributed by atoms with E-state index in [1.54, 1.807) is 17.9 Å². The average Bonchev–Trinajstić information content (AvgIpc) is 2.68. The minimum absolute atomic E-state index is 0.0228. The first-order valence-corrected chi connectivity index (χ1v) is 9.36. The largest absolute Gasteiger partial charge is 0.450 e. The van der Waals surface area contributed by atoms with Crippen LogP contribution in [0, 0.1) is 5.92 Å². The van der Waals surface area contributed by atoms with Gasteiger partial charge in [0.25, 0.3) is 5.91 Å². The van der Waals surface area contributed by atoms with Crippen LogP contribution in [0.4, 0.5) is 10.6 Å². The molecule has 142 valence electrons. The second kappa shape index (κ2) is 8.33. The molecular weight excluding hydrogens is 334 g/mol. The Hall–Kier alpha value is -2.38. The number of nitrogens with zero attached hydrogens (tertiary/aromatic N) is 5. The van der Waals surface area contributed by atoms with Crippen molar-refractivity contribution in [3.8, 4) is 0 Å². The molecular formula is C18H27N5O3. The molecule has 1 aromatic heterocycles. The van der Waals surface area contributed by atoms with Crippen molar-refractivity contribution >= 4 is 17.8 Å². The lowest BCUT2D eigenvalue weighted by Gasteiger charge is -2.35. The van der Waals surface area contributed by atoms with Crippen molar-refractivity contribution in [2.24, 2.45) is 5.92 Å². The normalized spacial score (nSPS) is 20.8. The summed E-state index contributed by atoms with van der Waals surface area (Å²) in [6.07, 6.45) is 3.39. The van der Waals surface area contributed by atoms with Crippen LogP contribution in [-0.4, -0.2) is 77.6 Å². The van der Waals surface area contributed by atoms with Crippen LogP contribution in [0.2, 0.25) is 0 Å². The highest BCUT2D eigenvalue weighted by Crippen LogP contribution is 2.19. The van der Waals surface area contributed by atoms with Gasteiger partial charge in [0.05, 0.1) is 6.61 Å². The van der Waals surface area contributed by atoms with Gasteiger partial charge in [0.15, 0.2) is 0 Å². The van der Waals surface area contributed by atoms with Gasteiger partial charge in [-0.25, -0.2) is 14.8 Å². The Kier molecular flexibility index (Phi) is 5.90. The number of carbonyl (C=O) groups excluding carboxylic acids is 2. The maximum Gasteiger partial charge on any atom is 0.409 e. The molecule has 1 aromatic rings. The second-order valence-corrected chi connectivity index (χ2v) is 6.93. The molecule has 0 bridgehead atoms. The zero-order valence-electron chi connectivity index (χ0n) is 15.6. The van der Waals surface area contributed by atoms with E-state index in [1.807, 2.05) is 4.90 Å². The summed E-state index contributed by atoms with van der Waals surface area (Å²) in [5, 5.41) is 0. The van der Waals surface area contributed by atoms with Gasteiger partial charge >= 0.3 is 6.09 Å². The zero-order valence-corrected chi connectivity index (χ0v) is 15.6. The number of likely N-dealkylation sites (tertiary alicyclic amines) is 1. The van der Waals surface area contributed by atoms with E-state index in [0.717, 1.165) is 25.3 Å². The Morgan fingerprint density at radius 3 is 2.62 bits per heavy atom. The van der Waals surface area contributed by atoms with Crippen LogP contribution in [0.3, 0.4) is 0 Å². The van der Waals surface area contributed by atoms with E-state index in [0.29, 0.717) is 44.4 Å². The number of piperazine rings is 1. The van der Waals surface area contributed by atoms with Crippen LogP contribution >= 0.6 is 0 Å². The van der Waals surface area contributed by atoms with Gasteiger partial charge in [-0.2, -0.15) is 0 Å². The van der Waals surface area contributed by atoms with Gasteiger partial charge in [0, 0.05) is 45.3 Å². The van der Waals surface area contributed by atoms with Gasteiger partial charge in [-0.05, 0) is 25.7 Å². The highest BCUT2D eigenvalue weighted by molar-refractivity contribution is 5.93. The summed E-state index contributed by atoms with van der Waals surface area (Å²) in [6.45, 7) is 8.41. The minimum Gasteiger partial charge on any atom is -0.450 e. The Labute approximate surface area is 154 Å². The molecule has 0 saturated carbocycles. The number of rotatable bonds is 3. The number of hydrogen-bond acceptors (Lipinski definition) is 6. The summed E-state index contributed by atoms with van der Waals surface area (Å²) in [4.78, 5) is 38.7. The molecule has 1 atom stereocenters. The van der Waals surface area contributed by atoms with Gasteiger partial charge in [0.1, 0.15) is 17.8 Å². The van der Waals surface area contributed by atoms with E-state index < -0.39 is 0 Å². The third-order valence-electron chi connectivity index (χ3n) is 4.95. The first-order valence-electron chi connectivity index (χ1n) is 9.36. The summed E-state index contributed by atoms with van der Waals surface area (Å²) in [5.74, 6) is 1.24. The lowest BCUT2D eigenvalue weighted by atomic mass is 10.00. The Balaban J connectivity index is 1.63. The van der Waals surface area contributed by atoms with Crippen molar-refractivity contribution in [3.63, 3.8) is 0 Å². The third-order valence-corrected chi connectivity index (χ3v) is 4.95. The molecule has 0 radical (unpaired) electrons. The van der Waals surface area contributed by atoms with Gasteiger partial charge in [-0.3, -0.25) is 4.79 Å². The van der Waals surface area contributed by atoms with Gasteiger partial charge < -0.3 is 19.4 Å². The number of piperidine rings is 1. The quantitative estimate of drug-likeness (QED) is 0.814. The summed E-state index contributed by atoms with van der Waals surface area (Å²) in [6, 6.07) is 1.77. The molecule has 8 heteroatoms. The van der Waals surface area contributed by atoms with Crippen LogP contribution in [0.5, 0.6) is 0 Å². The Bertz CT molecular complexity index is 645. The summed E-state index contributed by atoms with van der Waals surface area (Å²) < 4.78 is 5.04. The standard InChI is InChI=1S/C18H27N5O3/c1-3-26-18(25)22-9-7-21(8-10-22)16-11-15(19-13-20-16)17(24)23-6-4-5-14(2)12-23/h11,13-14H,3-10,12H2,1-2H3. The van der Waals surface area contributed by atoms with E-state index in [-0.39, 0.29) is 12.0 Å². The number of ether oxygens (including phenoxy) is 1. The van der Waals surface area contributed by atoms with Crippen LogP contribution in [0.1, 0.15) is 37.2 Å². The highest BCUT2D eigenvalue weighted by atomic mass is 16.6. The van der Waals surface area contributed by atoms with E-state index in [1.165, 1.54) is 12.7 Å². The van der Waals surface area contributed by atoms with E-state index in [2.05, 4.69) is 21.8 Å². The van der Waals surface area contributed by atoms with Crippen molar-refractivity contribution in [1.82, 2.24) is 19.8 Å². The predicted octanol–water partition coefficient (Wildman–Crippen LogP) is 1.63. The molecule has 2 aliphatic heterocycles. The summed E-state index contributed by atoms with van der Waals surface area (Å²) >= 11 is 0. The second-order valence-electron chi connectivity index (χ2n) is 6.93. The molecule has 2 amide bonds. The van der Waals surface area contributed by atoms with Gasteiger partial charge in [0.2, 0.25) is 0 Å². The summed E-state index contributed by atoms with van der Waals surface area (Å²) in [7, 11) is 0. The smallest absolute Gasteiger partial charge is 0.409 e. The van der Waals surface area contributed by atoms with Crippen molar-refractivity contribution in [1.29, 1.82) is 0 Å². The molecule has 2 fully saturated rings. The molecule has 2 saturated heterocycles. The fourth-order valence-electron chi connectivity index (χ4n) is 3.51. The third kappa shape index (κ3) is 4.23. The van der Waals surface area contributed by atoms with Crippen LogP contribution < -0.4 is 4.90 Å². The van der Waals surface area contributed by atoms with E-state index >= 15 is 0 Å². The lowest BCUT2D eigenvalue weighted by Crippen LogP contribution is -2.49. The first-order chi connectivity index (χ1) is 12.6. The fraction of sp³-hybridized carbons (Fsp3) is 0.667. The van der Waals surface area contributed by atoms with Crippen LogP contribution in [0.15, 0.2) is 12.4 Å². The molecule has 0 N–H and O–H groups in total. The van der Waals surface area contributed by atoms with Crippen LogP contribution in [0.25, 0.3) is 0 Å². The summed E-state index contributed by atoms with van der Waals surface area (Å²) in [5.41, 5.74) is 0.442. The lowest BCUT2D eigenvalue weighted by molar-refractivity contribution is 0.0677. The minimum atomic E-state index is -0.273. The fourth-order valence-corrected chi connectivity index (χ4v) is 3.51. The monoisotopic (exact) mass is 361 g/mol. The number of aromatic nitrogens is 2. The van der Waals surface area contributed by atoms with Crippen molar-refractivity contribution in [2.75, 3.05) is 50.8 Å². The molecule has 3 rings (SSSR count). The Morgan fingerprint density at radius 1 is 1.15 bits per heavy atom. The van der Waals surface area contributed by atoms with Crippen molar-refractivity contribution in [3.05, 3.63) is 18.1 Å². The topological polar surface area (TPSA) is 78.9 Å². The predicted molar refractivity (Wildman–Crippen MR) is 97.1 cm³/mol. The molecule has 0 aliphatic carbocycles. The maximum absolute atomic E-state index is 12.7. The van der Waals surface area contributed by atoms with Gasteiger partial charge in [-0.1, -0.05) is 6.92 Å². The molecule has 1 unspecified atom stereocenters. The number of anilines is 1. The van der Waals surface area contributed by atoms with Crippen molar-refractivity contribution in [2.45, 2.75) is 26.7 Å². The number of amides is 2. The molecule has 26 heavy (non-hydrogen) atoms. The number of carbonyl (C=O) groups is 2. The SMILES string of the molecule is CCOC(=O)N1CCN(c2cc(C(=O)N3CCCC(C)C3)ncn2)CC1. The number of hydrogen-bond donors (Lipinski definition) is 0. The molecule has 3 heterocycles.